The summed E-state index contributed by atoms with van der Waals surface area (Å²) in [5.74, 6) is -0.709. The molecule has 0 radical (unpaired) electrons. The normalized spacial score (nSPS) is 24.1. The molecule has 1 saturated heterocycles. The van der Waals surface area contributed by atoms with E-state index in [1.165, 1.54) is 4.90 Å². The highest BCUT2D eigenvalue weighted by atomic mass is 16.8. The fraction of sp³-hybridized carbons (Fsp3) is 0.364. The maximum absolute atomic E-state index is 11.6. The van der Waals surface area contributed by atoms with Crippen molar-refractivity contribution in [1.82, 2.24) is 9.97 Å². The van der Waals surface area contributed by atoms with Crippen molar-refractivity contribution in [2.45, 2.75) is 45.2 Å². The zero-order valence-corrected chi connectivity index (χ0v) is 16.8. The fourth-order valence-electron chi connectivity index (χ4n) is 3.68. The number of amides is 1. The first-order valence-corrected chi connectivity index (χ1v) is 9.86. The molecule has 2 N–H and O–H groups in total. The molecule has 7 heteroatoms. The molecule has 1 amide bonds. The highest BCUT2D eigenvalue weighted by Crippen LogP contribution is 2.43. The Kier molecular flexibility index (Phi) is 5.02. The molecule has 0 saturated carbocycles. The first kappa shape index (κ1) is 19.4. The van der Waals surface area contributed by atoms with E-state index in [-0.39, 0.29) is 12.2 Å². The molecule has 2 heterocycles. The van der Waals surface area contributed by atoms with E-state index in [9.17, 15) is 9.90 Å². The molecule has 0 bridgehead atoms. The molecule has 1 aromatic heterocycles. The van der Waals surface area contributed by atoms with Gasteiger partial charge in [-0.25, -0.2) is 14.7 Å². The van der Waals surface area contributed by atoms with Gasteiger partial charge in [0.25, 0.3) is 0 Å². The summed E-state index contributed by atoms with van der Waals surface area (Å²) < 4.78 is 12.7. The third kappa shape index (κ3) is 3.36. The van der Waals surface area contributed by atoms with Crippen LogP contribution in [-0.4, -0.2) is 39.9 Å². The number of aromatic amines is 1. The van der Waals surface area contributed by atoms with Gasteiger partial charge in [-0.05, 0) is 32.4 Å². The molecule has 3 aromatic rings. The predicted octanol–water partition coefficient (Wildman–Crippen LogP) is 4.48. The van der Waals surface area contributed by atoms with Gasteiger partial charge in [0.15, 0.2) is 0 Å². The number of anilines is 1. The molecule has 1 fully saturated rings. The van der Waals surface area contributed by atoms with Crippen LogP contribution in [0, 0.1) is 0 Å². The van der Waals surface area contributed by atoms with Crippen molar-refractivity contribution >= 4 is 23.1 Å². The third-order valence-electron chi connectivity index (χ3n) is 5.30. The number of nitrogens with one attached hydrogen (secondary N) is 1. The molecular weight excluding hydrogens is 370 g/mol. The number of rotatable bonds is 5. The van der Waals surface area contributed by atoms with Crippen molar-refractivity contribution in [1.29, 1.82) is 0 Å². The summed E-state index contributed by atoms with van der Waals surface area (Å²) in [6, 6.07) is 15.6. The predicted molar refractivity (Wildman–Crippen MR) is 110 cm³/mol. The Morgan fingerprint density at radius 2 is 1.83 bits per heavy atom. The molecule has 152 valence electrons. The molecule has 1 aliphatic heterocycles. The van der Waals surface area contributed by atoms with Crippen LogP contribution in [0.25, 0.3) is 11.0 Å². The van der Waals surface area contributed by atoms with Crippen molar-refractivity contribution in [3.8, 4) is 0 Å². The van der Waals surface area contributed by atoms with E-state index in [0.29, 0.717) is 24.4 Å². The van der Waals surface area contributed by atoms with Crippen LogP contribution < -0.4 is 4.90 Å². The zero-order chi connectivity index (χ0) is 20.6. The van der Waals surface area contributed by atoms with Gasteiger partial charge < -0.3 is 19.6 Å². The Morgan fingerprint density at radius 1 is 1.14 bits per heavy atom. The van der Waals surface area contributed by atoms with Crippen LogP contribution in [0.5, 0.6) is 0 Å². The summed E-state index contributed by atoms with van der Waals surface area (Å²) in [7, 11) is 0. The van der Waals surface area contributed by atoms with Gasteiger partial charge in [-0.3, -0.25) is 0 Å². The molecule has 0 aliphatic carbocycles. The standard InChI is InChI=1S/C22H25N3O4/c1-4-12-25(21(26)27)20-23-18-11-10-17(13-19(18)24-20)22(16-8-6-5-7-9-16)28-14(2)15(3)29-22/h5-11,13-15H,4,12H2,1-3H3,(H,23,24)(H,26,27). The van der Waals surface area contributed by atoms with E-state index in [1.807, 2.05) is 69.3 Å². The van der Waals surface area contributed by atoms with Crippen LogP contribution in [0.4, 0.5) is 10.7 Å². The second-order valence-electron chi connectivity index (χ2n) is 7.36. The highest BCUT2D eigenvalue weighted by molar-refractivity contribution is 5.87. The Labute approximate surface area is 169 Å². The van der Waals surface area contributed by atoms with Gasteiger partial charge in [0.2, 0.25) is 11.7 Å². The molecule has 0 spiro atoms. The van der Waals surface area contributed by atoms with Gasteiger partial charge >= 0.3 is 6.09 Å². The van der Waals surface area contributed by atoms with E-state index in [0.717, 1.165) is 16.6 Å². The van der Waals surface area contributed by atoms with Gasteiger partial charge in [-0.1, -0.05) is 43.3 Å². The second kappa shape index (κ2) is 7.50. The molecule has 1 aliphatic rings. The minimum atomic E-state index is -1.03. The number of hydrogen-bond acceptors (Lipinski definition) is 4. The second-order valence-corrected chi connectivity index (χ2v) is 7.36. The Balaban J connectivity index is 1.80. The van der Waals surface area contributed by atoms with Crippen LogP contribution in [0.2, 0.25) is 0 Å². The summed E-state index contributed by atoms with van der Waals surface area (Å²) >= 11 is 0. The number of fused-ring (bicyclic) bond motifs is 1. The van der Waals surface area contributed by atoms with Crippen LogP contribution in [-0.2, 0) is 15.3 Å². The average Bonchev–Trinajstić information content (AvgIpc) is 3.27. The molecular formula is C22H25N3O4. The number of hydrogen-bond donors (Lipinski definition) is 2. The van der Waals surface area contributed by atoms with Crippen molar-refractivity contribution in [2.75, 3.05) is 11.4 Å². The SMILES string of the molecule is CCCN(C(=O)O)c1nc2cc(C3(c4ccccc4)OC(C)C(C)O3)ccc2[nH]1. The molecule has 4 rings (SSSR count). The average molecular weight is 395 g/mol. The lowest BCUT2D eigenvalue weighted by Gasteiger charge is -2.29. The quantitative estimate of drug-likeness (QED) is 0.665. The minimum absolute atomic E-state index is 0.0762. The van der Waals surface area contributed by atoms with Crippen LogP contribution in [0.15, 0.2) is 48.5 Å². The monoisotopic (exact) mass is 395 g/mol. The van der Waals surface area contributed by atoms with E-state index in [1.54, 1.807) is 0 Å². The Morgan fingerprint density at radius 3 is 2.45 bits per heavy atom. The van der Waals surface area contributed by atoms with Crippen molar-refractivity contribution < 1.29 is 19.4 Å². The number of ether oxygens (including phenoxy) is 2. The van der Waals surface area contributed by atoms with Crippen molar-refractivity contribution in [2.24, 2.45) is 0 Å². The summed E-state index contributed by atoms with van der Waals surface area (Å²) in [5.41, 5.74) is 3.15. The van der Waals surface area contributed by atoms with Gasteiger partial charge in [0.1, 0.15) is 0 Å². The van der Waals surface area contributed by atoms with Gasteiger partial charge in [0, 0.05) is 17.7 Å². The van der Waals surface area contributed by atoms with Gasteiger partial charge in [0.05, 0.1) is 23.2 Å². The third-order valence-corrected chi connectivity index (χ3v) is 5.30. The number of imidazole rings is 1. The Hall–Kier alpha value is -2.90. The summed E-state index contributed by atoms with van der Waals surface area (Å²) in [6.45, 7) is 6.29. The lowest BCUT2D eigenvalue weighted by atomic mass is 9.97. The highest BCUT2D eigenvalue weighted by Gasteiger charge is 2.47. The minimum Gasteiger partial charge on any atom is -0.465 e. The van der Waals surface area contributed by atoms with Crippen molar-refractivity contribution in [3.05, 3.63) is 59.7 Å². The maximum Gasteiger partial charge on any atom is 0.414 e. The van der Waals surface area contributed by atoms with Gasteiger partial charge in [-0.2, -0.15) is 0 Å². The molecule has 7 nitrogen and oxygen atoms in total. The Bertz CT molecular complexity index is 1010. The smallest absolute Gasteiger partial charge is 0.414 e. The van der Waals surface area contributed by atoms with E-state index in [2.05, 4.69) is 9.97 Å². The maximum atomic E-state index is 11.6. The summed E-state index contributed by atoms with van der Waals surface area (Å²) in [5, 5.41) is 9.48. The fourth-order valence-corrected chi connectivity index (χ4v) is 3.68. The lowest BCUT2D eigenvalue weighted by Crippen LogP contribution is -2.30. The van der Waals surface area contributed by atoms with E-state index in [4.69, 9.17) is 9.47 Å². The van der Waals surface area contributed by atoms with E-state index < -0.39 is 11.9 Å². The number of benzene rings is 2. The molecule has 2 aromatic carbocycles. The lowest BCUT2D eigenvalue weighted by molar-refractivity contribution is -0.147. The number of carboxylic acid groups (broad SMARTS) is 1. The van der Waals surface area contributed by atoms with Crippen molar-refractivity contribution in [3.63, 3.8) is 0 Å². The number of H-pyrrole nitrogens is 1. The first-order chi connectivity index (χ1) is 13.9. The number of nitrogens with zero attached hydrogens (tertiary/aromatic N) is 2. The summed E-state index contributed by atoms with van der Waals surface area (Å²) in [4.78, 5) is 20.4. The first-order valence-electron chi connectivity index (χ1n) is 9.86. The van der Waals surface area contributed by atoms with Crippen LogP contribution >= 0.6 is 0 Å². The molecule has 2 atom stereocenters. The largest absolute Gasteiger partial charge is 0.465 e. The van der Waals surface area contributed by atoms with Crippen LogP contribution in [0.3, 0.4) is 0 Å². The topological polar surface area (TPSA) is 87.7 Å². The van der Waals surface area contributed by atoms with Crippen LogP contribution in [0.1, 0.15) is 38.3 Å². The molecule has 29 heavy (non-hydrogen) atoms. The summed E-state index contributed by atoms with van der Waals surface area (Å²) in [6.07, 6.45) is -0.485. The number of aromatic nitrogens is 2. The van der Waals surface area contributed by atoms with E-state index >= 15 is 0 Å². The molecule has 2 unspecified atom stereocenters. The van der Waals surface area contributed by atoms with Gasteiger partial charge in [-0.15, -0.1) is 0 Å². The zero-order valence-electron chi connectivity index (χ0n) is 16.8. The number of carbonyl (C=O) groups is 1.